The summed E-state index contributed by atoms with van der Waals surface area (Å²) in [5.74, 6) is 1.36. The molecule has 1 aliphatic rings. The minimum Gasteiger partial charge on any atom is -0.383 e. The largest absolute Gasteiger partial charge is 0.383 e. The van der Waals surface area contributed by atoms with Gasteiger partial charge >= 0.3 is 0 Å². The van der Waals surface area contributed by atoms with Crippen molar-refractivity contribution in [2.45, 2.75) is 32.1 Å². The van der Waals surface area contributed by atoms with E-state index in [-0.39, 0.29) is 5.91 Å². The van der Waals surface area contributed by atoms with Gasteiger partial charge in [-0.25, -0.2) is 9.97 Å². The second-order valence-corrected chi connectivity index (χ2v) is 5.63. The lowest BCUT2D eigenvalue weighted by atomic mass is 10.0. The van der Waals surface area contributed by atoms with Gasteiger partial charge in [-0.05, 0) is 18.8 Å². The first-order valence-electron chi connectivity index (χ1n) is 7.39. The normalized spacial score (nSPS) is 15.0. The number of nitrogens with one attached hydrogen (secondary N) is 3. The monoisotopic (exact) mass is 311 g/mol. The van der Waals surface area contributed by atoms with Crippen LogP contribution in [0.1, 0.15) is 32.1 Å². The maximum absolute atomic E-state index is 11.8. The highest BCUT2D eigenvalue weighted by Crippen LogP contribution is 2.27. The molecular weight excluding hydrogens is 290 g/mol. The van der Waals surface area contributed by atoms with Crippen molar-refractivity contribution in [1.29, 1.82) is 0 Å². The zero-order valence-electron chi connectivity index (χ0n) is 12.3. The first-order chi connectivity index (χ1) is 10.2. The fourth-order valence-electron chi connectivity index (χ4n) is 2.65. The summed E-state index contributed by atoms with van der Waals surface area (Å²) in [4.78, 5) is 19.8. The first-order valence-corrected chi connectivity index (χ1v) is 7.77. The van der Waals surface area contributed by atoms with Gasteiger partial charge in [-0.3, -0.25) is 4.79 Å². The Morgan fingerprint density at radius 2 is 2.10 bits per heavy atom. The number of halogens is 1. The molecule has 3 N–H and O–H groups in total. The molecule has 1 amide bonds. The molecule has 0 aromatic carbocycles. The van der Waals surface area contributed by atoms with Crippen molar-refractivity contribution >= 4 is 29.0 Å². The predicted octanol–water partition coefficient (Wildman–Crippen LogP) is 2.28. The van der Waals surface area contributed by atoms with Gasteiger partial charge in [0.2, 0.25) is 5.91 Å². The van der Waals surface area contributed by atoms with Gasteiger partial charge in [0.15, 0.2) is 11.0 Å². The van der Waals surface area contributed by atoms with Crippen LogP contribution in [-0.2, 0) is 4.79 Å². The molecule has 1 fully saturated rings. The van der Waals surface area contributed by atoms with Gasteiger partial charge in [0.1, 0.15) is 12.0 Å². The predicted molar refractivity (Wildman–Crippen MR) is 84.7 cm³/mol. The number of carbonyl (C=O) groups is 1. The van der Waals surface area contributed by atoms with Crippen LogP contribution in [0.2, 0.25) is 5.15 Å². The number of anilines is 2. The van der Waals surface area contributed by atoms with E-state index in [2.05, 4.69) is 25.9 Å². The van der Waals surface area contributed by atoms with Gasteiger partial charge in [-0.1, -0.05) is 24.4 Å². The molecule has 1 aliphatic carbocycles. The quantitative estimate of drug-likeness (QED) is 0.532. The fourth-order valence-corrected chi connectivity index (χ4v) is 2.88. The summed E-state index contributed by atoms with van der Waals surface area (Å²) in [5, 5.41) is 9.41. The van der Waals surface area contributed by atoms with Gasteiger partial charge < -0.3 is 16.0 Å². The average Bonchev–Trinajstić information content (AvgIpc) is 2.96. The Bertz CT molecular complexity index is 476. The second kappa shape index (κ2) is 8.02. The summed E-state index contributed by atoms with van der Waals surface area (Å²) in [5.41, 5.74) is 0.663. The van der Waals surface area contributed by atoms with E-state index in [1.54, 1.807) is 7.05 Å². The summed E-state index contributed by atoms with van der Waals surface area (Å²) < 4.78 is 0. The number of amides is 1. The topological polar surface area (TPSA) is 78.9 Å². The molecule has 0 aliphatic heterocycles. The molecule has 6 nitrogen and oxygen atoms in total. The molecule has 0 bridgehead atoms. The molecule has 1 aromatic rings. The van der Waals surface area contributed by atoms with Crippen LogP contribution in [-0.4, -0.2) is 36.0 Å². The maximum atomic E-state index is 11.8. The van der Waals surface area contributed by atoms with Crippen LogP contribution >= 0.6 is 11.6 Å². The summed E-state index contributed by atoms with van der Waals surface area (Å²) in [6.07, 6.45) is 6.97. The number of hydrogen-bond donors (Lipinski definition) is 3. The van der Waals surface area contributed by atoms with Crippen LogP contribution in [0.25, 0.3) is 0 Å². The highest BCUT2D eigenvalue weighted by molar-refractivity contribution is 6.32. The number of nitrogens with zero attached hydrogens (tertiary/aromatic N) is 2. The van der Waals surface area contributed by atoms with Crippen molar-refractivity contribution in [3.8, 4) is 0 Å². The molecule has 116 valence electrons. The number of hydrogen-bond acceptors (Lipinski definition) is 5. The van der Waals surface area contributed by atoms with Crippen LogP contribution < -0.4 is 16.0 Å². The Hall–Kier alpha value is -1.56. The number of carbonyl (C=O) groups excluding carboxylic acids is 1. The molecule has 1 heterocycles. The van der Waals surface area contributed by atoms with E-state index in [0.717, 1.165) is 0 Å². The Labute approximate surface area is 130 Å². The number of rotatable bonds is 7. The molecule has 0 unspecified atom stereocenters. The zero-order chi connectivity index (χ0) is 15.1. The van der Waals surface area contributed by atoms with Crippen LogP contribution in [0.15, 0.2) is 6.33 Å². The minimum atomic E-state index is 0.137. The van der Waals surface area contributed by atoms with Gasteiger partial charge in [0, 0.05) is 26.6 Å². The Morgan fingerprint density at radius 1 is 1.33 bits per heavy atom. The SMILES string of the molecule is CNc1c(Cl)ncnc1NCCNC(=O)CC1CCCC1. The van der Waals surface area contributed by atoms with Crippen LogP contribution in [0.4, 0.5) is 11.5 Å². The molecule has 1 saturated carbocycles. The maximum Gasteiger partial charge on any atom is 0.220 e. The highest BCUT2D eigenvalue weighted by Gasteiger charge is 2.18. The van der Waals surface area contributed by atoms with Crippen molar-refractivity contribution in [3.63, 3.8) is 0 Å². The summed E-state index contributed by atoms with van der Waals surface area (Å²) >= 11 is 5.96. The van der Waals surface area contributed by atoms with Crippen LogP contribution in [0, 0.1) is 5.92 Å². The van der Waals surface area contributed by atoms with Gasteiger partial charge in [0.05, 0.1) is 0 Å². The van der Waals surface area contributed by atoms with E-state index >= 15 is 0 Å². The lowest BCUT2D eigenvalue weighted by Crippen LogP contribution is -2.30. The zero-order valence-corrected chi connectivity index (χ0v) is 13.0. The molecule has 2 rings (SSSR count). The number of aromatic nitrogens is 2. The molecule has 0 atom stereocenters. The summed E-state index contributed by atoms with van der Waals surface area (Å²) in [7, 11) is 1.76. The van der Waals surface area contributed by atoms with Gasteiger partial charge in [-0.2, -0.15) is 0 Å². The summed E-state index contributed by atoms with van der Waals surface area (Å²) in [6.45, 7) is 1.16. The molecule has 1 aromatic heterocycles. The lowest BCUT2D eigenvalue weighted by Gasteiger charge is -2.12. The van der Waals surface area contributed by atoms with Crippen molar-refractivity contribution < 1.29 is 4.79 Å². The molecular formula is C14H22ClN5O. The lowest BCUT2D eigenvalue weighted by molar-refractivity contribution is -0.121. The molecule has 7 heteroatoms. The van der Waals surface area contributed by atoms with Gasteiger partial charge in [-0.15, -0.1) is 0 Å². The van der Waals surface area contributed by atoms with E-state index in [1.807, 2.05) is 0 Å². The third-order valence-corrected chi connectivity index (χ3v) is 4.03. The second-order valence-electron chi connectivity index (χ2n) is 5.27. The highest BCUT2D eigenvalue weighted by atomic mass is 35.5. The van der Waals surface area contributed by atoms with Crippen molar-refractivity contribution in [2.24, 2.45) is 5.92 Å². The van der Waals surface area contributed by atoms with Crippen LogP contribution in [0.3, 0.4) is 0 Å². The molecule has 21 heavy (non-hydrogen) atoms. The van der Waals surface area contributed by atoms with Crippen LogP contribution in [0.5, 0.6) is 0 Å². The first kappa shape index (κ1) is 15.8. The Morgan fingerprint density at radius 3 is 2.81 bits per heavy atom. The Kier molecular flexibility index (Phi) is 6.04. The third kappa shape index (κ3) is 4.74. The van der Waals surface area contributed by atoms with Crippen molar-refractivity contribution in [2.75, 3.05) is 30.8 Å². The molecule has 0 spiro atoms. The van der Waals surface area contributed by atoms with E-state index < -0.39 is 0 Å². The molecule has 0 saturated heterocycles. The third-order valence-electron chi connectivity index (χ3n) is 3.74. The van der Waals surface area contributed by atoms with E-state index in [9.17, 15) is 4.79 Å². The van der Waals surface area contributed by atoms with Crippen molar-refractivity contribution in [3.05, 3.63) is 11.5 Å². The van der Waals surface area contributed by atoms with E-state index in [4.69, 9.17) is 11.6 Å². The average molecular weight is 312 g/mol. The van der Waals surface area contributed by atoms with E-state index in [0.29, 0.717) is 42.1 Å². The van der Waals surface area contributed by atoms with Crippen molar-refractivity contribution in [1.82, 2.24) is 15.3 Å². The fraction of sp³-hybridized carbons (Fsp3) is 0.643. The van der Waals surface area contributed by atoms with Gasteiger partial charge in [0.25, 0.3) is 0 Å². The smallest absolute Gasteiger partial charge is 0.220 e. The Balaban J connectivity index is 1.69. The molecule has 0 radical (unpaired) electrons. The summed E-state index contributed by atoms with van der Waals surface area (Å²) in [6, 6.07) is 0. The minimum absolute atomic E-state index is 0.137. The van der Waals surface area contributed by atoms with E-state index in [1.165, 1.54) is 32.0 Å². The standard InChI is InChI=1S/C14H22ClN5O/c1-16-12-13(15)19-9-20-14(12)18-7-6-17-11(21)8-10-4-2-3-5-10/h9-10,16H,2-8H2,1H3,(H,17,21)(H,18,19,20).